The van der Waals surface area contributed by atoms with Gasteiger partial charge in [0.15, 0.2) is 0 Å². The number of carbonyl (C=O) groups is 2. The Kier molecular flexibility index (Phi) is 5.80. The summed E-state index contributed by atoms with van der Waals surface area (Å²) in [6, 6.07) is 7.72. The number of anilines is 1. The van der Waals surface area contributed by atoms with E-state index in [0.717, 1.165) is 37.9 Å². The number of carbonyl (C=O) groups excluding carboxylic acids is 2. The van der Waals surface area contributed by atoms with Crippen molar-refractivity contribution >= 4 is 29.9 Å². The topological polar surface area (TPSA) is 70.2 Å². The van der Waals surface area contributed by atoms with Crippen molar-refractivity contribution in [3.05, 3.63) is 29.8 Å². The highest BCUT2D eigenvalue weighted by Gasteiger charge is 2.23. The molecule has 3 rings (SSSR count). The van der Waals surface area contributed by atoms with Crippen LogP contribution in [-0.2, 0) is 4.79 Å². The van der Waals surface area contributed by atoms with Gasteiger partial charge in [-0.05, 0) is 56.5 Å². The quantitative estimate of drug-likeness (QED) is 0.777. The molecule has 1 heterocycles. The lowest BCUT2D eigenvalue weighted by atomic mass is 10.1. The maximum atomic E-state index is 11.9. The van der Waals surface area contributed by atoms with Gasteiger partial charge in [0, 0.05) is 29.8 Å². The van der Waals surface area contributed by atoms with E-state index in [1.54, 1.807) is 24.3 Å². The second-order valence-electron chi connectivity index (χ2n) is 5.87. The normalized spacial score (nSPS) is 20.1. The third kappa shape index (κ3) is 4.71. The second-order valence-corrected chi connectivity index (χ2v) is 5.87. The molecule has 3 N–H and O–H groups in total. The Morgan fingerprint density at radius 1 is 1.14 bits per heavy atom. The fraction of sp³-hybridized carbons (Fsp3) is 0.500. The van der Waals surface area contributed by atoms with Gasteiger partial charge in [-0.25, -0.2) is 0 Å². The average Bonchev–Trinajstić information content (AvgIpc) is 3.13. The molecule has 1 unspecified atom stereocenters. The zero-order chi connectivity index (χ0) is 14.7. The van der Waals surface area contributed by atoms with Crippen molar-refractivity contribution < 1.29 is 9.59 Å². The minimum Gasteiger partial charge on any atom is -0.349 e. The van der Waals surface area contributed by atoms with Gasteiger partial charge >= 0.3 is 0 Å². The maximum Gasteiger partial charge on any atom is 0.251 e. The number of benzene rings is 1. The van der Waals surface area contributed by atoms with Crippen molar-refractivity contribution in [2.75, 3.05) is 11.9 Å². The summed E-state index contributed by atoms with van der Waals surface area (Å²) in [7, 11) is 0. The lowest BCUT2D eigenvalue weighted by Gasteiger charge is -2.11. The van der Waals surface area contributed by atoms with Crippen LogP contribution in [0.2, 0.25) is 0 Å². The van der Waals surface area contributed by atoms with Crippen LogP contribution in [-0.4, -0.2) is 30.4 Å². The van der Waals surface area contributed by atoms with Gasteiger partial charge in [-0.2, -0.15) is 0 Å². The van der Waals surface area contributed by atoms with E-state index in [1.807, 2.05) is 0 Å². The molecule has 0 spiro atoms. The molecule has 1 atom stereocenters. The van der Waals surface area contributed by atoms with Gasteiger partial charge in [0.2, 0.25) is 5.91 Å². The van der Waals surface area contributed by atoms with Crippen LogP contribution >= 0.6 is 12.4 Å². The molecule has 5 nitrogen and oxygen atoms in total. The highest BCUT2D eigenvalue weighted by atomic mass is 35.5. The number of amides is 2. The molecule has 1 aliphatic carbocycles. The fourth-order valence-electron chi connectivity index (χ4n) is 2.57. The van der Waals surface area contributed by atoms with Crippen LogP contribution in [0, 0.1) is 0 Å². The molecule has 1 aromatic rings. The van der Waals surface area contributed by atoms with E-state index in [-0.39, 0.29) is 24.2 Å². The minimum absolute atomic E-state index is 0. The van der Waals surface area contributed by atoms with Crippen LogP contribution in [0.25, 0.3) is 0 Å². The molecule has 1 saturated heterocycles. The Hall–Kier alpha value is -1.59. The largest absolute Gasteiger partial charge is 0.349 e. The summed E-state index contributed by atoms with van der Waals surface area (Å²) in [5.74, 6) is -0.0184. The lowest BCUT2D eigenvalue weighted by molar-refractivity contribution is -0.116. The molecule has 22 heavy (non-hydrogen) atoms. The Morgan fingerprint density at radius 2 is 1.86 bits per heavy atom. The van der Waals surface area contributed by atoms with Gasteiger partial charge in [0.25, 0.3) is 5.91 Å². The number of halogens is 1. The van der Waals surface area contributed by atoms with Crippen molar-refractivity contribution in [1.29, 1.82) is 0 Å². The van der Waals surface area contributed by atoms with Crippen molar-refractivity contribution in [3.63, 3.8) is 0 Å². The van der Waals surface area contributed by atoms with Crippen molar-refractivity contribution in [2.24, 2.45) is 0 Å². The molecule has 6 heteroatoms. The molecular weight excluding hydrogens is 302 g/mol. The van der Waals surface area contributed by atoms with E-state index >= 15 is 0 Å². The summed E-state index contributed by atoms with van der Waals surface area (Å²) in [6.45, 7) is 1.00. The van der Waals surface area contributed by atoms with E-state index in [9.17, 15) is 9.59 Å². The van der Waals surface area contributed by atoms with Gasteiger partial charge in [-0.15, -0.1) is 12.4 Å². The summed E-state index contributed by atoms with van der Waals surface area (Å²) >= 11 is 0. The van der Waals surface area contributed by atoms with Gasteiger partial charge in [-0.3, -0.25) is 9.59 Å². The zero-order valence-electron chi connectivity index (χ0n) is 12.4. The third-order valence-corrected chi connectivity index (χ3v) is 3.94. The molecule has 2 aliphatic rings. The minimum atomic E-state index is -0.0365. The fourth-order valence-corrected chi connectivity index (χ4v) is 2.57. The number of nitrogens with one attached hydrogen (secondary N) is 3. The molecule has 120 valence electrons. The number of hydrogen-bond acceptors (Lipinski definition) is 3. The monoisotopic (exact) mass is 323 g/mol. The van der Waals surface area contributed by atoms with Crippen LogP contribution in [0.4, 0.5) is 5.69 Å². The SMILES string of the molecule is Cl.O=C(CC1CCCN1)Nc1ccc(C(=O)NC2CC2)cc1. The van der Waals surface area contributed by atoms with E-state index in [1.165, 1.54) is 0 Å². The molecule has 0 radical (unpaired) electrons. The van der Waals surface area contributed by atoms with Crippen LogP contribution in [0.5, 0.6) is 0 Å². The summed E-state index contributed by atoms with van der Waals surface area (Å²) in [5, 5.41) is 9.13. The predicted octanol–water partition coefficient (Wildman–Crippen LogP) is 2.08. The van der Waals surface area contributed by atoms with Gasteiger partial charge in [-0.1, -0.05) is 0 Å². The van der Waals surface area contributed by atoms with Crippen LogP contribution < -0.4 is 16.0 Å². The second kappa shape index (κ2) is 7.61. The predicted molar refractivity (Wildman–Crippen MR) is 88.4 cm³/mol. The summed E-state index contributed by atoms with van der Waals surface area (Å²) in [6.07, 6.45) is 4.87. The van der Waals surface area contributed by atoms with Crippen molar-refractivity contribution in [3.8, 4) is 0 Å². The molecule has 1 aliphatic heterocycles. The first-order valence-corrected chi connectivity index (χ1v) is 7.65. The standard InChI is InChI=1S/C16H21N3O2.ClH/c20-15(10-14-2-1-9-17-14)18-12-5-3-11(4-6-12)16(21)19-13-7-8-13;/h3-6,13-14,17H,1-2,7-10H2,(H,18,20)(H,19,21);1H. The Bertz CT molecular complexity index is 523. The maximum absolute atomic E-state index is 11.9. The Balaban J connectivity index is 0.00000176. The molecule has 2 fully saturated rings. The van der Waals surface area contributed by atoms with E-state index in [2.05, 4.69) is 16.0 Å². The number of hydrogen-bond donors (Lipinski definition) is 3. The smallest absolute Gasteiger partial charge is 0.251 e. The molecule has 1 saturated carbocycles. The molecule has 1 aromatic carbocycles. The first kappa shape index (κ1) is 16.8. The van der Waals surface area contributed by atoms with Gasteiger partial charge in [0.05, 0.1) is 0 Å². The summed E-state index contributed by atoms with van der Waals surface area (Å²) < 4.78 is 0. The van der Waals surface area contributed by atoms with E-state index in [4.69, 9.17) is 0 Å². The lowest BCUT2D eigenvalue weighted by Crippen LogP contribution is -2.27. The summed E-state index contributed by atoms with van der Waals surface area (Å²) in [5.41, 5.74) is 1.37. The van der Waals surface area contributed by atoms with Crippen molar-refractivity contribution in [1.82, 2.24) is 10.6 Å². The highest BCUT2D eigenvalue weighted by Crippen LogP contribution is 2.19. The van der Waals surface area contributed by atoms with E-state index in [0.29, 0.717) is 24.1 Å². The van der Waals surface area contributed by atoms with Crippen LogP contribution in [0.15, 0.2) is 24.3 Å². The Labute approximate surface area is 136 Å². The molecule has 0 aromatic heterocycles. The van der Waals surface area contributed by atoms with E-state index < -0.39 is 0 Å². The van der Waals surface area contributed by atoms with Gasteiger partial charge in [0.1, 0.15) is 0 Å². The first-order valence-electron chi connectivity index (χ1n) is 7.65. The van der Waals surface area contributed by atoms with Gasteiger partial charge < -0.3 is 16.0 Å². The summed E-state index contributed by atoms with van der Waals surface area (Å²) in [4.78, 5) is 23.8. The number of rotatable bonds is 5. The molecular formula is C16H22ClN3O2. The first-order chi connectivity index (χ1) is 10.2. The average molecular weight is 324 g/mol. The third-order valence-electron chi connectivity index (χ3n) is 3.94. The molecule has 2 amide bonds. The Morgan fingerprint density at radius 3 is 2.45 bits per heavy atom. The highest BCUT2D eigenvalue weighted by molar-refractivity contribution is 5.96. The zero-order valence-corrected chi connectivity index (χ0v) is 13.2. The van der Waals surface area contributed by atoms with Crippen LogP contribution in [0.1, 0.15) is 42.5 Å². The van der Waals surface area contributed by atoms with Crippen molar-refractivity contribution in [2.45, 2.75) is 44.2 Å². The molecule has 0 bridgehead atoms. The van der Waals surface area contributed by atoms with Crippen LogP contribution in [0.3, 0.4) is 0 Å².